The molecule has 0 saturated carbocycles. The Kier molecular flexibility index (Phi) is 6.37. The molecule has 1 aromatic heterocycles. The highest BCUT2D eigenvalue weighted by molar-refractivity contribution is 9.10. The van der Waals surface area contributed by atoms with Crippen molar-refractivity contribution >= 4 is 21.9 Å². The number of hydrogen-bond acceptors (Lipinski definition) is 2. The van der Waals surface area contributed by atoms with E-state index >= 15 is 0 Å². The molecular weight excluding hydrogens is 416 g/mol. The number of benzene rings is 2. The van der Waals surface area contributed by atoms with E-state index in [1.807, 2.05) is 44.2 Å². The Labute approximate surface area is 174 Å². The van der Waals surface area contributed by atoms with Gasteiger partial charge in [-0.2, -0.15) is 0 Å². The maximum atomic E-state index is 12.0. The van der Waals surface area contributed by atoms with E-state index in [4.69, 9.17) is 0 Å². The molecule has 0 amide bonds. The topological polar surface area (TPSA) is 54.3 Å². The van der Waals surface area contributed by atoms with Crippen molar-refractivity contribution in [1.82, 2.24) is 9.88 Å². The summed E-state index contributed by atoms with van der Waals surface area (Å²) in [6, 6.07) is 16.3. The number of halogens is 1. The van der Waals surface area contributed by atoms with E-state index in [0.29, 0.717) is 25.2 Å². The fourth-order valence-corrected chi connectivity index (χ4v) is 4.03. The highest BCUT2D eigenvalue weighted by atomic mass is 79.9. The van der Waals surface area contributed by atoms with Crippen LogP contribution in [-0.2, 0) is 19.6 Å². The molecule has 2 aromatic carbocycles. The highest BCUT2D eigenvalue weighted by Crippen LogP contribution is 2.25. The molecule has 0 atom stereocenters. The number of aryl methyl sites for hydroxylation is 1. The minimum absolute atomic E-state index is 0.408. The molecular formula is C23H25BrN2O2. The van der Waals surface area contributed by atoms with Crippen molar-refractivity contribution in [2.24, 2.45) is 0 Å². The summed E-state index contributed by atoms with van der Waals surface area (Å²) in [5.41, 5.74) is 6.61. The number of carbonyl (C=O) groups is 1. The van der Waals surface area contributed by atoms with Crippen LogP contribution in [-0.4, -0.2) is 15.6 Å². The minimum Gasteiger partial charge on any atom is -0.478 e. The third kappa shape index (κ3) is 4.21. The van der Waals surface area contributed by atoms with Gasteiger partial charge in [0.1, 0.15) is 0 Å². The van der Waals surface area contributed by atoms with Gasteiger partial charge in [-0.3, -0.25) is 0 Å². The Hall–Kier alpha value is -2.37. The van der Waals surface area contributed by atoms with Crippen molar-refractivity contribution in [3.63, 3.8) is 0 Å². The minimum atomic E-state index is -0.873. The Bertz CT molecular complexity index is 1010. The van der Waals surface area contributed by atoms with Gasteiger partial charge in [0.25, 0.3) is 0 Å². The lowest BCUT2D eigenvalue weighted by Crippen LogP contribution is -2.16. The van der Waals surface area contributed by atoms with Crippen molar-refractivity contribution in [3.05, 3.63) is 92.2 Å². The average molecular weight is 441 g/mol. The van der Waals surface area contributed by atoms with Gasteiger partial charge in [-0.1, -0.05) is 58.4 Å². The van der Waals surface area contributed by atoms with E-state index in [1.54, 1.807) is 0 Å². The van der Waals surface area contributed by atoms with E-state index < -0.39 is 5.97 Å². The molecule has 0 saturated heterocycles. The molecule has 28 heavy (non-hydrogen) atoms. The number of nitrogens with one attached hydrogen (secondary N) is 1. The van der Waals surface area contributed by atoms with E-state index in [0.717, 1.165) is 27.0 Å². The summed E-state index contributed by atoms with van der Waals surface area (Å²) < 4.78 is 3.16. The van der Waals surface area contributed by atoms with Gasteiger partial charge in [-0.25, -0.2) is 4.79 Å². The van der Waals surface area contributed by atoms with Crippen LogP contribution in [0.25, 0.3) is 0 Å². The zero-order valence-electron chi connectivity index (χ0n) is 16.4. The fourth-order valence-electron chi connectivity index (χ4n) is 3.61. The lowest BCUT2D eigenvalue weighted by molar-refractivity contribution is 0.0694. The Balaban J connectivity index is 1.87. The van der Waals surface area contributed by atoms with E-state index in [9.17, 15) is 9.90 Å². The van der Waals surface area contributed by atoms with Crippen molar-refractivity contribution in [3.8, 4) is 0 Å². The van der Waals surface area contributed by atoms with Crippen molar-refractivity contribution in [1.29, 1.82) is 0 Å². The van der Waals surface area contributed by atoms with Crippen LogP contribution in [0.2, 0.25) is 0 Å². The Morgan fingerprint density at radius 2 is 1.61 bits per heavy atom. The average Bonchev–Trinajstić information content (AvgIpc) is 2.89. The number of carboxylic acid groups (broad SMARTS) is 1. The van der Waals surface area contributed by atoms with Crippen molar-refractivity contribution in [2.75, 3.05) is 0 Å². The van der Waals surface area contributed by atoms with Crippen LogP contribution in [0.15, 0.2) is 53.0 Å². The smallest absolute Gasteiger partial charge is 0.337 e. The van der Waals surface area contributed by atoms with Gasteiger partial charge < -0.3 is 15.0 Å². The lowest BCUT2D eigenvalue weighted by atomic mass is 10.1. The van der Waals surface area contributed by atoms with Crippen LogP contribution < -0.4 is 5.32 Å². The normalized spacial score (nSPS) is 11.0. The summed E-state index contributed by atoms with van der Waals surface area (Å²) in [7, 11) is 0. The van der Waals surface area contributed by atoms with Crippen molar-refractivity contribution < 1.29 is 9.90 Å². The number of hydrogen-bond donors (Lipinski definition) is 2. The predicted octanol–water partition coefficient (Wildman–Crippen LogP) is 5.21. The summed E-state index contributed by atoms with van der Waals surface area (Å²) in [4.78, 5) is 12.0. The van der Waals surface area contributed by atoms with E-state index in [2.05, 4.69) is 50.9 Å². The molecule has 2 N–H and O–H groups in total. The van der Waals surface area contributed by atoms with Crippen LogP contribution in [0, 0.1) is 20.8 Å². The first kappa shape index (κ1) is 20.4. The highest BCUT2D eigenvalue weighted by Gasteiger charge is 2.22. The van der Waals surface area contributed by atoms with Gasteiger partial charge in [-0.15, -0.1) is 0 Å². The van der Waals surface area contributed by atoms with E-state index in [1.165, 1.54) is 11.1 Å². The second-order valence-corrected chi connectivity index (χ2v) is 7.89. The standard InChI is InChI=1S/C23H25BrN2O2/c1-15-8-4-5-10-19(15)14-26-16(2)20(22(17(26)3)23(27)28)13-25-12-18-9-6-7-11-21(18)24/h4-11,25H,12-14H2,1-3H3,(H,27,28). The second kappa shape index (κ2) is 8.76. The molecule has 3 rings (SSSR count). The van der Waals surface area contributed by atoms with Gasteiger partial charge in [0, 0.05) is 41.1 Å². The van der Waals surface area contributed by atoms with E-state index in [-0.39, 0.29) is 0 Å². The molecule has 0 aliphatic carbocycles. The van der Waals surface area contributed by atoms with Crippen LogP contribution in [0.3, 0.4) is 0 Å². The zero-order chi connectivity index (χ0) is 20.3. The maximum absolute atomic E-state index is 12.0. The van der Waals surface area contributed by atoms with Crippen LogP contribution in [0.1, 0.15) is 44.0 Å². The van der Waals surface area contributed by atoms with Gasteiger partial charge in [-0.05, 0) is 43.5 Å². The molecule has 0 spiro atoms. The zero-order valence-corrected chi connectivity index (χ0v) is 18.0. The summed E-state index contributed by atoms with van der Waals surface area (Å²) in [5, 5.41) is 13.2. The quantitative estimate of drug-likeness (QED) is 0.529. The molecule has 0 aliphatic heterocycles. The number of nitrogens with zero attached hydrogens (tertiary/aromatic N) is 1. The molecule has 0 unspecified atom stereocenters. The van der Waals surface area contributed by atoms with Crippen LogP contribution in [0.5, 0.6) is 0 Å². The molecule has 5 heteroatoms. The van der Waals surface area contributed by atoms with Crippen molar-refractivity contribution in [2.45, 2.75) is 40.4 Å². The molecule has 146 valence electrons. The van der Waals surface area contributed by atoms with Gasteiger partial charge in [0.15, 0.2) is 0 Å². The first-order valence-corrected chi connectivity index (χ1v) is 10.1. The third-order valence-electron chi connectivity index (χ3n) is 5.29. The lowest BCUT2D eigenvalue weighted by Gasteiger charge is -2.12. The summed E-state index contributed by atoms with van der Waals surface area (Å²) in [6.45, 7) is 7.84. The summed E-state index contributed by atoms with van der Waals surface area (Å²) in [5.74, 6) is -0.873. The Morgan fingerprint density at radius 1 is 0.964 bits per heavy atom. The number of aromatic nitrogens is 1. The number of rotatable bonds is 7. The summed E-state index contributed by atoms with van der Waals surface area (Å²) in [6.07, 6.45) is 0. The van der Waals surface area contributed by atoms with Gasteiger partial charge >= 0.3 is 5.97 Å². The predicted molar refractivity (Wildman–Crippen MR) is 116 cm³/mol. The largest absolute Gasteiger partial charge is 0.478 e. The molecule has 0 bridgehead atoms. The summed E-state index contributed by atoms with van der Waals surface area (Å²) >= 11 is 3.56. The maximum Gasteiger partial charge on any atom is 0.337 e. The first-order chi connectivity index (χ1) is 13.4. The molecule has 1 heterocycles. The van der Waals surface area contributed by atoms with Crippen LogP contribution >= 0.6 is 15.9 Å². The second-order valence-electron chi connectivity index (χ2n) is 7.04. The van der Waals surface area contributed by atoms with Crippen LogP contribution in [0.4, 0.5) is 0 Å². The molecule has 0 radical (unpaired) electrons. The SMILES string of the molecule is Cc1ccccc1Cn1c(C)c(CNCc2ccccc2Br)c(C(=O)O)c1C. The third-order valence-corrected chi connectivity index (χ3v) is 6.06. The van der Waals surface area contributed by atoms with Gasteiger partial charge in [0.05, 0.1) is 5.56 Å². The molecule has 3 aromatic rings. The number of carboxylic acids is 1. The number of aromatic carboxylic acids is 1. The molecule has 0 aliphatic rings. The fraction of sp³-hybridized carbons (Fsp3) is 0.261. The van der Waals surface area contributed by atoms with Gasteiger partial charge in [0.2, 0.25) is 0 Å². The molecule has 4 nitrogen and oxygen atoms in total. The monoisotopic (exact) mass is 440 g/mol. The first-order valence-electron chi connectivity index (χ1n) is 9.30. The molecule has 0 fully saturated rings. The Morgan fingerprint density at radius 3 is 2.25 bits per heavy atom.